The first-order chi connectivity index (χ1) is 4.33. The highest BCUT2D eigenvalue weighted by Gasteiger charge is 2.10. The van der Waals surface area contributed by atoms with E-state index < -0.39 is 0 Å². The maximum Gasteiger partial charge on any atom is 0.0428 e. The molecule has 2 nitrogen and oxygen atoms in total. The summed E-state index contributed by atoms with van der Waals surface area (Å²) in [6.07, 6.45) is 2.40. The van der Waals surface area contributed by atoms with Crippen molar-refractivity contribution >= 4 is 5.71 Å². The molecule has 2 N–H and O–H groups in total. The van der Waals surface area contributed by atoms with Gasteiger partial charge in [-0.05, 0) is 32.2 Å². The number of hydrogen-bond acceptors (Lipinski definition) is 2. The highest BCUT2D eigenvalue weighted by molar-refractivity contribution is 5.82. The molecule has 1 aliphatic rings. The van der Waals surface area contributed by atoms with E-state index in [0.717, 1.165) is 19.5 Å². The van der Waals surface area contributed by atoms with E-state index in [9.17, 15) is 0 Å². The highest BCUT2D eigenvalue weighted by atomic mass is 14.8. The zero-order chi connectivity index (χ0) is 6.69. The third-order valence-electron chi connectivity index (χ3n) is 1.87. The number of nitrogens with two attached hydrogens (primary N) is 1. The lowest BCUT2D eigenvalue weighted by atomic mass is 9.99. The number of nitrogens with zero attached hydrogens (tertiary/aromatic N) is 1. The van der Waals surface area contributed by atoms with Crippen LogP contribution in [0.4, 0.5) is 0 Å². The van der Waals surface area contributed by atoms with E-state index >= 15 is 0 Å². The monoisotopic (exact) mass is 126 g/mol. The SMILES string of the molecule is CC1=NCC(CN)CC1. The lowest BCUT2D eigenvalue weighted by Gasteiger charge is -2.16. The van der Waals surface area contributed by atoms with Crippen molar-refractivity contribution in [1.29, 1.82) is 0 Å². The van der Waals surface area contributed by atoms with E-state index in [1.54, 1.807) is 0 Å². The minimum Gasteiger partial charge on any atom is -0.330 e. The largest absolute Gasteiger partial charge is 0.330 e. The molecule has 2 heteroatoms. The molecular weight excluding hydrogens is 112 g/mol. The fourth-order valence-electron chi connectivity index (χ4n) is 1.06. The van der Waals surface area contributed by atoms with Crippen molar-refractivity contribution in [2.24, 2.45) is 16.6 Å². The minimum absolute atomic E-state index is 0.661. The van der Waals surface area contributed by atoms with Gasteiger partial charge in [-0.15, -0.1) is 0 Å². The van der Waals surface area contributed by atoms with Crippen molar-refractivity contribution in [2.45, 2.75) is 19.8 Å². The lowest BCUT2D eigenvalue weighted by molar-refractivity contribution is 0.501. The Morgan fingerprint density at radius 2 is 2.56 bits per heavy atom. The molecule has 1 rings (SSSR count). The molecule has 0 aromatic carbocycles. The standard InChI is InChI=1S/C7H14N2/c1-6-2-3-7(4-8)5-9-6/h7H,2-5,8H2,1H3. The van der Waals surface area contributed by atoms with Gasteiger partial charge in [0.25, 0.3) is 0 Å². The zero-order valence-electron chi connectivity index (χ0n) is 5.93. The van der Waals surface area contributed by atoms with Crippen LogP contribution in [0.25, 0.3) is 0 Å². The van der Waals surface area contributed by atoms with E-state index in [1.807, 2.05) is 0 Å². The predicted molar refractivity (Wildman–Crippen MR) is 39.8 cm³/mol. The summed E-state index contributed by atoms with van der Waals surface area (Å²) >= 11 is 0. The average molecular weight is 126 g/mol. The van der Waals surface area contributed by atoms with Crippen molar-refractivity contribution in [3.63, 3.8) is 0 Å². The van der Waals surface area contributed by atoms with Gasteiger partial charge >= 0.3 is 0 Å². The molecule has 1 unspecified atom stereocenters. The summed E-state index contributed by atoms with van der Waals surface area (Å²) in [7, 11) is 0. The molecule has 0 fully saturated rings. The number of rotatable bonds is 1. The van der Waals surface area contributed by atoms with Crippen molar-refractivity contribution in [1.82, 2.24) is 0 Å². The summed E-state index contributed by atoms with van der Waals surface area (Å²) in [4.78, 5) is 4.32. The third kappa shape index (κ3) is 1.79. The van der Waals surface area contributed by atoms with Crippen LogP contribution in [0.1, 0.15) is 19.8 Å². The maximum absolute atomic E-state index is 5.48. The van der Waals surface area contributed by atoms with Crippen molar-refractivity contribution in [3.05, 3.63) is 0 Å². The summed E-state index contributed by atoms with van der Waals surface area (Å²) in [5.74, 6) is 0.661. The van der Waals surface area contributed by atoms with Gasteiger partial charge in [-0.3, -0.25) is 4.99 Å². The van der Waals surface area contributed by atoms with E-state index in [4.69, 9.17) is 5.73 Å². The van der Waals surface area contributed by atoms with Crippen molar-refractivity contribution in [3.8, 4) is 0 Å². The Bertz CT molecular complexity index is 118. The first-order valence-corrected chi connectivity index (χ1v) is 3.53. The van der Waals surface area contributed by atoms with Crippen molar-refractivity contribution < 1.29 is 0 Å². The molecule has 0 saturated heterocycles. The van der Waals surface area contributed by atoms with Crippen LogP contribution in [0.15, 0.2) is 4.99 Å². The summed E-state index contributed by atoms with van der Waals surface area (Å²) in [5, 5.41) is 0. The third-order valence-corrected chi connectivity index (χ3v) is 1.87. The van der Waals surface area contributed by atoms with Gasteiger partial charge in [-0.2, -0.15) is 0 Å². The number of aliphatic imine (C=N–C) groups is 1. The Hall–Kier alpha value is -0.370. The Kier molecular flexibility index (Phi) is 2.22. The predicted octanol–water partition coefficient (Wildman–Crippen LogP) is 0.816. The second kappa shape index (κ2) is 2.97. The fraction of sp³-hybridized carbons (Fsp3) is 0.857. The van der Waals surface area contributed by atoms with E-state index in [2.05, 4.69) is 11.9 Å². The maximum atomic E-state index is 5.48. The Labute approximate surface area is 56.2 Å². The van der Waals surface area contributed by atoms with Crippen molar-refractivity contribution in [2.75, 3.05) is 13.1 Å². The van der Waals surface area contributed by atoms with Crippen LogP contribution in [0.3, 0.4) is 0 Å². The normalized spacial score (nSPS) is 27.8. The van der Waals surface area contributed by atoms with Crippen LogP contribution in [-0.2, 0) is 0 Å². The second-order valence-corrected chi connectivity index (χ2v) is 2.72. The summed E-state index contributed by atoms with van der Waals surface area (Å²) in [6, 6.07) is 0. The van der Waals surface area contributed by atoms with Crippen LogP contribution < -0.4 is 5.73 Å². The van der Waals surface area contributed by atoms with Gasteiger partial charge < -0.3 is 5.73 Å². The molecule has 0 bridgehead atoms. The topological polar surface area (TPSA) is 38.4 Å². The zero-order valence-corrected chi connectivity index (χ0v) is 5.93. The van der Waals surface area contributed by atoms with Crippen LogP contribution in [0, 0.1) is 5.92 Å². The Balaban J connectivity index is 2.36. The van der Waals surface area contributed by atoms with Gasteiger partial charge in [0.15, 0.2) is 0 Å². The average Bonchev–Trinajstić information content (AvgIpc) is 1.90. The molecule has 52 valence electrons. The quantitative estimate of drug-likeness (QED) is 0.555. The highest BCUT2D eigenvalue weighted by Crippen LogP contribution is 2.11. The summed E-state index contributed by atoms with van der Waals surface area (Å²) < 4.78 is 0. The smallest absolute Gasteiger partial charge is 0.0428 e. The van der Waals surface area contributed by atoms with Gasteiger partial charge in [0.05, 0.1) is 0 Å². The number of hydrogen-bond donors (Lipinski definition) is 1. The van der Waals surface area contributed by atoms with E-state index in [-0.39, 0.29) is 0 Å². The molecule has 0 radical (unpaired) electrons. The Morgan fingerprint density at radius 1 is 1.78 bits per heavy atom. The van der Waals surface area contributed by atoms with Crippen LogP contribution in [-0.4, -0.2) is 18.8 Å². The van der Waals surface area contributed by atoms with Gasteiger partial charge in [-0.1, -0.05) is 0 Å². The first-order valence-electron chi connectivity index (χ1n) is 3.53. The van der Waals surface area contributed by atoms with Gasteiger partial charge in [0.1, 0.15) is 0 Å². The molecule has 1 aliphatic heterocycles. The van der Waals surface area contributed by atoms with Gasteiger partial charge in [-0.25, -0.2) is 0 Å². The molecule has 0 aliphatic carbocycles. The van der Waals surface area contributed by atoms with Gasteiger partial charge in [0.2, 0.25) is 0 Å². The van der Waals surface area contributed by atoms with Crippen LogP contribution in [0.2, 0.25) is 0 Å². The molecule has 0 saturated carbocycles. The molecule has 0 amide bonds. The molecule has 0 aromatic rings. The lowest BCUT2D eigenvalue weighted by Crippen LogP contribution is -2.21. The van der Waals surface area contributed by atoms with E-state index in [0.29, 0.717) is 5.92 Å². The summed E-state index contributed by atoms with van der Waals surface area (Å²) in [5.41, 5.74) is 6.77. The van der Waals surface area contributed by atoms with E-state index in [1.165, 1.54) is 12.1 Å². The molecule has 1 atom stereocenters. The summed E-state index contributed by atoms with van der Waals surface area (Å²) in [6.45, 7) is 3.85. The van der Waals surface area contributed by atoms with Crippen LogP contribution >= 0.6 is 0 Å². The molecule has 1 heterocycles. The van der Waals surface area contributed by atoms with Gasteiger partial charge in [0, 0.05) is 12.3 Å². The molecule has 0 spiro atoms. The second-order valence-electron chi connectivity index (χ2n) is 2.72. The minimum atomic E-state index is 0.661. The van der Waals surface area contributed by atoms with Crippen LogP contribution in [0.5, 0.6) is 0 Å². The molecule has 9 heavy (non-hydrogen) atoms. The first kappa shape index (κ1) is 6.75. The molecular formula is C7H14N2. The Morgan fingerprint density at radius 3 is 3.00 bits per heavy atom. The fourth-order valence-corrected chi connectivity index (χ4v) is 1.06. The molecule has 0 aromatic heterocycles.